The van der Waals surface area contributed by atoms with Crippen LogP contribution in [0.15, 0.2) is 36.5 Å². The fourth-order valence-corrected chi connectivity index (χ4v) is 1.51. The number of nitrogens with zero attached hydrogens (tertiary/aromatic N) is 3. The number of aromatic nitrogens is 3. The Kier molecular flexibility index (Phi) is 4.28. The molecular weight excluding hydrogens is 262 g/mol. The van der Waals surface area contributed by atoms with E-state index >= 15 is 0 Å². The lowest BCUT2D eigenvalue weighted by molar-refractivity contribution is -0.137. The van der Waals surface area contributed by atoms with Crippen LogP contribution < -0.4 is 10.6 Å². The lowest BCUT2D eigenvalue weighted by atomic mass is 10.2. The van der Waals surface area contributed by atoms with Crippen LogP contribution in [0, 0.1) is 0 Å². The molecule has 0 saturated heterocycles. The van der Waals surface area contributed by atoms with E-state index in [1.807, 2.05) is 30.3 Å². The number of nitrogens with one attached hydrogen (secondary N) is 2. The summed E-state index contributed by atoms with van der Waals surface area (Å²) in [4.78, 5) is 22.1. The molecule has 0 atom stereocenters. The van der Waals surface area contributed by atoms with Gasteiger partial charge >= 0.3 is 12.0 Å². The largest absolute Gasteiger partial charge is 0.480 e. The van der Waals surface area contributed by atoms with Gasteiger partial charge < -0.3 is 10.4 Å². The summed E-state index contributed by atoms with van der Waals surface area (Å²) in [6.07, 6.45) is 1.34. The first-order valence-corrected chi connectivity index (χ1v) is 5.84. The van der Waals surface area contributed by atoms with Gasteiger partial charge in [-0.1, -0.05) is 35.5 Å². The van der Waals surface area contributed by atoms with Crippen molar-refractivity contribution in [2.75, 3.05) is 5.32 Å². The Hall–Kier alpha value is -2.90. The fourth-order valence-electron chi connectivity index (χ4n) is 1.51. The van der Waals surface area contributed by atoms with Gasteiger partial charge in [-0.05, 0) is 5.56 Å². The molecule has 0 unspecified atom stereocenters. The van der Waals surface area contributed by atoms with Gasteiger partial charge in [-0.25, -0.2) is 9.48 Å². The maximum absolute atomic E-state index is 11.6. The van der Waals surface area contributed by atoms with Crippen LogP contribution in [0.3, 0.4) is 0 Å². The molecule has 20 heavy (non-hydrogen) atoms. The van der Waals surface area contributed by atoms with Gasteiger partial charge in [-0.15, -0.1) is 5.10 Å². The van der Waals surface area contributed by atoms with Crippen LogP contribution in [-0.4, -0.2) is 32.1 Å². The zero-order valence-corrected chi connectivity index (χ0v) is 10.5. The molecule has 8 nitrogen and oxygen atoms in total. The van der Waals surface area contributed by atoms with E-state index in [1.165, 1.54) is 6.20 Å². The van der Waals surface area contributed by atoms with Crippen LogP contribution in [0.1, 0.15) is 5.56 Å². The topological polar surface area (TPSA) is 109 Å². The van der Waals surface area contributed by atoms with E-state index in [2.05, 4.69) is 20.9 Å². The van der Waals surface area contributed by atoms with Crippen LogP contribution in [-0.2, 0) is 17.9 Å². The number of hydrogen-bond acceptors (Lipinski definition) is 4. The van der Waals surface area contributed by atoms with Crippen molar-refractivity contribution in [1.29, 1.82) is 0 Å². The average molecular weight is 275 g/mol. The third-order valence-corrected chi connectivity index (χ3v) is 2.37. The number of carbonyl (C=O) groups is 2. The van der Waals surface area contributed by atoms with E-state index in [9.17, 15) is 9.59 Å². The van der Waals surface area contributed by atoms with Gasteiger partial charge in [-0.3, -0.25) is 10.1 Å². The molecule has 0 aliphatic heterocycles. The Morgan fingerprint density at radius 2 is 2.00 bits per heavy atom. The van der Waals surface area contributed by atoms with Crippen molar-refractivity contribution >= 4 is 17.8 Å². The zero-order chi connectivity index (χ0) is 14.4. The second kappa shape index (κ2) is 6.32. The van der Waals surface area contributed by atoms with Gasteiger partial charge in [0.15, 0.2) is 5.82 Å². The fraction of sp³-hybridized carbons (Fsp3) is 0.167. The molecule has 1 aromatic heterocycles. The number of carboxylic acid groups (broad SMARTS) is 1. The normalized spacial score (nSPS) is 10.0. The SMILES string of the molecule is O=C(O)Cn1cc(NC(=O)NCc2ccccc2)nn1. The molecule has 1 aromatic carbocycles. The Morgan fingerprint density at radius 3 is 2.70 bits per heavy atom. The van der Waals surface area contributed by atoms with Crippen molar-refractivity contribution in [3.8, 4) is 0 Å². The van der Waals surface area contributed by atoms with E-state index in [0.717, 1.165) is 10.2 Å². The molecule has 8 heteroatoms. The second-order valence-electron chi connectivity index (χ2n) is 3.99. The number of hydrogen-bond donors (Lipinski definition) is 3. The van der Waals surface area contributed by atoms with Crippen molar-refractivity contribution < 1.29 is 14.7 Å². The maximum Gasteiger partial charge on any atom is 0.325 e. The van der Waals surface area contributed by atoms with E-state index < -0.39 is 12.0 Å². The smallest absolute Gasteiger partial charge is 0.325 e. The molecule has 1 heterocycles. The number of amides is 2. The Bertz CT molecular complexity index is 596. The van der Waals surface area contributed by atoms with Crippen molar-refractivity contribution in [2.24, 2.45) is 0 Å². The Labute approximate surface area is 114 Å². The molecular formula is C12H13N5O3. The first kappa shape index (κ1) is 13.5. The summed E-state index contributed by atoms with van der Waals surface area (Å²) >= 11 is 0. The summed E-state index contributed by atoms with van der Waals surface area (Å²) < 4.78 is 1.12. The molecule has 104 valence electrons. The molecule has 0 aliphatic rings. The molecule has 0 aliphatic carbocycles. The summed E-state index contributed by atoms with van der Waals surface area (Å²) in [5, 5.41) is 20.9. The molecule has 2 amide bonds. The highest BCUT2D eigenvalue weighted by Gasteiger charge is 2.07. The summed E-state index contributed by atoms with van der Waals surface area (Å²) in [5.41, 5.74) is 0.970. The highest BCUT2D eigenvalue weighted by Crippen LogP contribution is 2.01. The first-order valence-electron chi connectivity index (χ1n) is 5.84. The summed E-state index contributed by atoms with van der Waals surface area (Å²) in [7, 11) is 0. The van der Waals surface area contributed by atoms with Crippen molar-refractivity contribution in [3.05, 3.63) is 42.1 Å². The van der Waals surface area contributed by atoms with Crippen LogP contribution in [0.4, 0.5) is 10.6 Å². The van der Waals surface area contributed by atoms with Crippen LogP contribution in [0.25, 0.3) is 0 Å². The lowest BCUT2D eigenvalue weighted by Crippen LogP contribution is -2.28. The average Bonchev–Trinajstić information content (AvgIpc) is 2.84. The third-order valence-electron chi connectivity index (χ3n) is 2.37. The standard InChI is InChI=1S/C12H13N5O3/c18-11(19)8-17-7-10(15-16-17)14-12(20)13-6-9-4-2-1-3-5-9/h1-5,7H,6,8H2,(H,18,19)(H2,13,14,20). The van der Waals surface area contributed by atoms with Crippen LogP contribution in [0.2, 0.25) is 0 Å². The zero-order valence-electron chi connectivity index (χ0n) is 10.5. The highest BCUT2D eigenvalue weighted by atomic mass is 16.4. The highest BCUT2D eigenvalue weighted by molar-refractivity contribution is 5.87. The van der Waals surface area contributed by atoms with E-state index in [4.69, 9.17) is 5.11 Å². The summed E-state index contributed by atoms with van der Waals surface area (Å²) in [6, 6.07) is 9.01. The molecule has 0 radical (unpaired) electrons. The third kappa shape index (κ3) is 4.09. The van der Waals surface area contributed by atoms with Gasteiger partial charge in [0.2, 0.25) is 0 Å². The van der Waals surface area contributed by atoms with Gasteiger partial charge in [0.1, 0.15) is 6.54 Å². The molecule has 0 bridgehead atoms. The maximum atomic E-state index is 11.6. The van der Waals surface area contributed by atoms with Crippen molar-refractivity contribution in [1.82, 2.24) is 20.3 Å². The predicted molar refractivity (Wildman–Crippen MR) is 70.0 cm³/mol. The number of carboxylic acids is 1. The van der Waals surface area contributed by atoms with Crippen molar-refractivity contribution in [2.45, 2.75) is 13.1 Å². The number of anilines is 1. The minimum Gasteiger partial charge on any atom is -0.480 e. The van der Waals surface area contributed by atoms with Crippen LogP contribution >= 0.6 is 0 Å². The quantitative estimate of drug-likeness (QED) is 0.743. The number of carbonyl (C=O) groups excluding carboxylic acids is 1. The minimum absolute atomic E-state index is 0.191. The van der Waals surface area contributed by atoms with E-state index in [1.54, 1.807) is 0 Å². The Balaban J connectivity index is 1.82. The second-order valence-corrected chi connectivity index (χ2v) is 3.99. The first-order chi connectivity index (χ1) is 9.63. The van der Waals surface area contributed by atoms with Gasteiger partial charge in [0.25, 0.3) is 0 Å². The lowest BCUT2D eigenvalue weighted by Gasteiger charge is -2.04. The molecule has 0 fully saturated rings. The Morgan fingerprint density at radius 1 is 1.25 bits per heavy atom. The van der Waals surface area contributed by atoms with E-state index in [-0.39, 0.29) is 12.4 Å². The molecule has 2 aromatic rings. The van der Waals surface area contributed by atoms with Gasteiger partial charge in [0, 0.05) is 6.54 Å². The van der Waals surface area contributed by atoms with E-state index in [0.29, 0.717) is 6.54 Å². The van der Waals surface area contributed by atoms with Crippen molar-refractivity contribution in [3.63, 3.8) is 0 Å². The number of urea groups is 1. The van der Waals surface area contributed by atoms with Gasteiger partial charge in [-0.2, -0.15) is 0 Å². The molecule has 0 spiro atoms. The summed E-state index contributed by atoms with van der Waals surface area (Å²) in [5.74, 6) is -0.841. The monoisotopic (exact) mass is 275 g/mol. The number of benzene rings is 1. The van der Waals surface area contributed by atoms with Crippen LogP contribution in [0.5, 0.6) is 0 Å². The summed E-state index contributed by atoms with van der Waals surface area (Å²) in [6.45, 7) is 0.0796. The minimum atomic E-state index is -1.03. The molecule has 2 rings (SSSR count). The number of rotatable bonds is 5. The number of aliphatic carboxylic acids is 1. The predicted octanol–water partition coefficient (Wildman–Crippen LogP) is 0.684. The molecule has 0 saturated carbocycles. The molecule has 3 N–H and O–H groups in total. The van der Waals surface area contributed by atoms with Gasteiger partial charge in [0.05, 0.1) is 6.20 Å².